The van der Waals surface area contributed by atoms with Gasteiger partial charge in [-0.05, 0) is 122 Å². The maximum absolute atomic E-state index is 2.44. The Balaban J connectivity index is 0.896. The van der Waals surface area contributed by atoms with Crippen molar-refractivity contribution in [1.29, 1.82) is 0 Å². The van der Waals surface area contributed by atoms with E-state index in [1.54, 1.807) is 0 Å². The van der Waals surface area contributed by atoms with E-state index in [9.17, 15) is 0 Å². The molecule has 3 heteroatoms. The summed E-state index contributed by atoms with van der Waals surface area (Å²) in [4.78, 5) is 0. The number of hydrogen-bond acceptors (Lipinski definition) is 1. The van der Waals surface area contributed by atoms with Gasteiger partial charge in [-0.3, -0.25) is 0 Å². The topological polar surface area (TPSA) is 9.86 Å². The molecule has 0 bridgehead atoms. The third kappa shape index (κ3) is 4.67. The molecule has 3 aromatic heterocycles. The number of para-hydroxylation sites is 2. The van der Waals surface area contributed by atoms with Gasteiger partial charge in [-0.15, -0.1) is 11.3 Å². The van der Waals surface area contributed by atoms with Crippen molar-refractivity contribution in [3.63, 3.8) is 0 Å². The third-order valence-corrected chi connectivity index (χ3v) is 14.4. The van der Waals surface area contributed by atoms with E-state index in [-0.39, 0.29) is 0 Å². The van der Waals surface area contributed by atoms with Gasteiger partial charge in [0.1, 0.15) is 0 Å². The summed E-state index contributed by atoms with van der Waals surface area (Å²) in [6.45, 7) is 0. The van der Waals surface area contributed by atoms with Gasteiger partial charge in [0.15, 0.2) is 0 Å². The molecule has 0 atom stereocenters. The van der Waals surface area contributed by atoms with Crippen molar-refractivity contribution in [2.45, 2.75) is 0 Å². The van der Waals surface area contributed by atoms with Crippen molar-refractivity contribution in [3.8, 4) is 55.9 Å². The third-order valence-electron chi connectivity index (χ3n) is 13.3. The van der Waals surface area contributed by atoms with Gasteiger partial charge in [0.05, 0.1) is 22.1 Å². The van der Waals surface area contributed by atoms with E-state index in [2.05, 4.69) is 215 Å². The molecule has 0 saturated carbocycles. The Labute approximate surface area is 355 Å². The summed E-state index contributed by atoms with van der Waals surface area (Å²) >= 11 is 1.87. The maximum atomic E-state index is 2.44. The molecule has 282 valence electrons. The average molecular weight is 791 g/mol. The minimum absolute atomic E-state index is 1.15. The van der Waals surface area contributed by atoms with Crippen LogP contribution in [0.2, 0.25) is 0 Å². The van der Waals surface area contributed by atoms with Gasteiger partial charge in [-0.1, -0.05) is 140 Å². The first-order chi connectivity index (χ1) is 30.2. The molecule has 0 radical (unpaired) electrons. The Hall–Kier alpha value is -7.72. The highest BCUT2D eigenvalue weighted by atomic mass is 32.1. The Morgan fingerprint density at radius 2 is 0.803 bits per heavy atom. The Morgan fingerprint density at radius 1 is 0.262 bits per heavy atom. The van der Waals surface area contributed by atoms with Crippen molar-refractivity contribution < 1.29 is 0 Å². The van der Waals surface area contributed by atoms with Gasteiger partial charge in [-0.2, -0.15) is 0 Å². The fourth-order valence-electron chi connectivity index (χ4n) is 10.6. The highest BCUT2D eigenvalue weighted by molar-refractivity contribution is 7.25. The molecular weight excluding hydrogens is 757 g/mol. The van der Waals surface area contributed by atoms with Gasteiger partial charge < -0.3 is 9.13 Å². The second kappa shape index (κ2) is 12.4. The fraction of sp³-hybridized carbons (Fsp3) is 0. The maximum Gasteiger partial charge on any atom is 0.0547 e. The number of rotatable bonds is 4. The second-order valence-corrected chi connectivity index (χ2v) is 17.5. The number of nitrogens with zero attached hydrogens (tertiary/aromatic N) is 2. The molecule has 1 aliphatic rings. The quantitative estimate of drug-likeness (QED) is 0.168. The van der Waals surface area contributed by atoms with Gasteiger partial charge in [0, 0.05) is 53.1 Å². The van der Waals surface area contributed by atoms with Crippen molar-refractivity contribution in [1.82, 2.24) is 9.13 Å². The summed E-state index contributed by atoms with van der Waals surface area (Å²) in [7, 11) is 0. The molecule has 0 aliphatic heterocycles. The number of thiophene rings is 1. The summed E-state index contributed by atoms with van der Waals surface area (Å²) in [6, 6.07) is 76.7. The zero-order valence-corrected chi connectivity index (χ0v) is 33.7. The summed E-state index contributed by atoms with van der Waals surface area (Å²) in [5.74, 6) is 0. The molecule has 10 aromatic carbocycles. The lowest BCUT2D eigenvalue weighted by Gasteiger charge is -2.12. The van der Waals surface area contributed by atoms with Crippen LogP contribution in [0.5, 0.6) is 0 Å². The highest BCUT2D eigenvalue weighted by Gasteiger charge is 2.23. The van der Waals surface area contributed by atoms with Gasteiger partial charge in [0.2, 0.25) is 0 Å². The largest absolute Gasteiger partial charge is 0.309 e. The first-order valence-corrected chi connectivity index (χ1v) is 21.8. The van der Waals surface area contributed by atoms with Crippen molar-refractivity contribution >= 4 is 85.9 Å². The molecule has 13 aromatic rings. The minimum Gasteiger partial charge on any atom is -0.309 e. The van der Waals surface area contributed by atoms with Crippen LogP contribution in [-0.4, -0.2) is 9.13 Å². The van der Waals surface area contributed by atoms with E-state index in [0.717, 1.165) is 5.69 Å². The fourth-order valence-corrected chi connectivity index (χ4v) is 11.6. The molecular formula is C58H34N2S. The Morgan fingerprint density at radius 3 is 1.62 bits per heavy atom. The molecule has 2 nitrogen and oxygen atoms in total. The summed E-state index contributed by atoms with van der Waals surface area (Å²) < 4.78 is 7.53. The molecule has 0 saturated heterocycles. The molecule has 14 rings (SSSR count). The number of hydrogen-bond donors (Lipinski definition) is 0. The van der Waals surface area contributed by atoms with Crippen LogP contribution in [0.1, 0.15) is 0 Å². The van der Waals surface area contributed by atoms with E-state index in [0.29, 0.717) is 0 Å². The normalized spacial score (nSPS) is 12.3. The average Bonchev–Trinajstić information content (AvgIpc) is 4.06. The molecule has 0 amide bonds. The van der Waals surface area contributed by atoms with Gasteiger partial charge in [-0.25, -0.2) is 0 Å². The van der Waals surface area contributed by atoms with E-state index >= 15 is 0 Å². The van der Waals surface area contributed by atoms with Crippen molar-refractivity contribution in [2.75, 3.05) is 0 Å². The molecule has 1 aliphatic carbocycles. The van der Waals surface area contributed by atoms with Crippen LogP contribution < -0.4 is 0 Å². The predicted octanol–water partition coefficient (Wildman–Crippen LogP) is 16.4. The SMILES string of the molecule is c1ccc2c(c1)-c1cccc3c(-c4ccc(-n5c6ccccc6c6ccc(-c7ccc8c(c7)c7ccccc7n8-c7ccc8sc9ccccc9c8c7)cc65)cc4)ccc-2c13. The van der Waals surface area contributed by atoms with Gasteiger partial charge in [0.25, 0.3) is 0 Å². The molecule has 61 heavy (non-hydrogen) atoms. The first kappa shape index (κ1) is 33.1. The molecule has 0 unspecified atom stereocenters. The summed E-state index contributed by atoms with van der Waals surface area (Å²) in [5, 5.41) is 10.3. The summed E-state index contributed by atoms with van der Waals surface area (Å²) in [6.07, 6.45) is 0. The van der Waals surface area contributed by atoms with Crippen LogP contribution in [0, 0.1) is 0 Å². The summed E-state index contributed by atoms with van der Waals surface area (Å²) in [5.41, 5.74) is 17.4. The highest BCUT2D eigenvalue weighted by Crippen LogP contribution is 2.49. The van der Waals surface area contributed by atoms with Crippen LogP contribution in [0.4, 0.5) is 0 Å². The predicted molar refractivity (Wildman–Crippen MR) is 261 cm³/mol. The van der Waals surface area contributed by atoms with E-state index in [1.165, 1.54) is 125 Å². The smallest absolute Gasteiger partial charge is 0.0547 e. The van der Waals surface area contributed by atoms with Crippen LogP contribution in [0.15, 0.2) is 206 Å². The Kier molecular flexibility index (Phi) is 6.74. The standard InChI is InChI=1S/C58H34N2S/c1-2-11-42-41(10-1)48-16-9-15-47-40(28-29-49(42)58(47)48)35-20-24-38(25-21-35)59-52-17-6-3-12-43(52)45-27-22-37(33-55(45)59)36-23-30-54-50(32-36)44-13-4-7-18-53(44)60(54)39-26-31-57-51(34-39)46-14-5-8-19-56(46)61-57/h1-34H. The Bertz CT molecular complexity index is 3960. The first-order valence-electron chi connectivity index (χ1n) is 21.0. The molecule has 0 fully saturated rings. The lowest BCUT2D eigenvalue weighted by molar-refractivity contribution is 1.18. The van der Waals surface area contributed by atoms with Crippen LogP contribution in [-0.2, 0) is 0 Å². The van der Waals surface area contributed by atoms with E-state index < -0.39 is 0 Å². The number of fused-ring (bicyclic) bond motifs is 12. The van der Waals surface area contributed by atoms with E-state index in [1.807, 2.05) is 11.3 Å². The molecule has 0 spiro atoms. The van der Waals surface area contributed by atoms with Crippen molar-refractivity contribution in [2.24, 2.45) is 0 Å². The molecule has 0 N–H and O–H groups in total. The zero-order valence-electron chi connectivity index (χ0n) is 32.9. The van der Waals surface area contributed by atoms with Crippen LogP contribution in [0.25, 0.3) is 130 Å². The monoisotopic (exact) mass is 790 g/mol. The van der Waals surface area contributed by atoms with Gasteiger partial charge >= 0.3 is 0 Å². The number of aromatic nitrogens is 2. The lowest BCUT2D eigenvalue weighted by Crippen LogP contribution is -1.94. The number of benzene rings is 10. The van der Waals surface area contributed by atoms with Crippen molar-refractivity contribution in [3.05, 3.63) is 206 Å². The van der Waals surface area contributed by atoms with E-state index in [4.69, 9.17) is 0 Å². The lowest BCUT2D eigenvalue weighted by atomic mass is 9.94. The van der Waals surface area contributed by atoms with Crippen LogP contribution >= 0.6 is 11.3 Å². The minimum atomic E-state index is 1.15. The molecule has 3 heterocycles. The second-order valence-electron chi connectivity index (χ2n) is 16.4. The zero-order chi connectivity index (χ0) is 39.8. The van der Waals surface area contributed by atoms with Crippen LogP contribution in [0.3, 0.4) is 0 Å².